The van der Waals surface area contributed by atoms with Gasteiger partial charge in [-0.15, -0.1) is 0 Å². The molecule has 1 heterocycles. The Labute approximate surface area is 118 Å². The zero-order valence-electron chi connectivity index (χ0n) is 13.4. The summed E-state index contributed by atoms with van der Waals surface area (Å²) < 4.78 is 5.86. The standard InChI is InChI=1S/C17H31NO/c1-15(2)11-13(7-9-19-15)18-14-16(3,4)12-6-8-17(14,5)10-12/h12-14,18H,6-11H2,1-5H3/t12-,13?,14?,17+/m0/s1. The van der Waals surface area contributed by atoms with Crippen LogP contribution < -0.4 is 5.32 Å². The van der Waals surface area contributed by atoms with Crippen molar-refractivity contribution in [1.82, 2.24) is 5.32 Å². The lowest BCUT2D eigenvalue weighted by atomic mass is 9.68. The van der Waals surface area contributed by atoms with Crippen molar-refractivity contribution in [2.75, 3.05) is 6.61 Å². The molecule has 1 saturated heterocycles. The zero-order chi connectivity index (χ0) is 13.9. The number of nitrogens with one attached hydrogen (secondary N) is 1. The minimum Gasteiger partial charge on any atom is -0.375 e. The van der Waals surface area contributed by atoms with Crippen LogP contribution in [-0.2, 0) is 4.74 Å². The smallest absolute Gasteiger partial charge is 0.0641 e. The van der Waals surface area contributed by atoms with Crippen molar-refractivity contribution in [3.05, 3.63) is 0 Å². The van der Waals surface area contributed by atoms with Crippen molar-refractivity contribution in [2.24, 2.45) is 16.7 Å². The normalized spacial score (nSPS) is 47.5. The van der Waals surface area contributed by atoms with E-state index in [2.05, 4.69) is 39.9 Å². The molecule has 4 atom stereocenters. The Balaban J connectivity index is 1.72. The highest BCUT2D eigenvalue weighted by atomic mass is 16.5. The molecule has 110 valence electrons. The first kappa shape index (κ1) is 13.9. The average Bonchev–Trinajstić information content (AvgIpc) is 2.74. The average molecular weight is 265 g/mol. The van der Waals surface area contributed by atoms with Gasteiger partial charge in [-0.2, -0.15) is 0 Å². The second kappa shape index (κ2) is 4.21. The molecule has 0 amide bonds. The van der Waals surface area contributed by atoms with Crippen LogP contribution in [-0.4, -0.2) is 24.3 Å². The van der Waals surface area contributed by atoms with E-state index in [1.165, 1.54) is 25.7 Å². The minimum atomic E-state index is 0.0542. The summed E-state index contributed by atoms with van der Waals surface area (Å²) in [5.41, 5.74) is 1.06. The van der Waals surface area contributed by atoms with Crippen molar-refractivity contribution in [3.8, 4) is 0 Å². The molecule has 3 aliphatic rings. The van der Waals surface area contributed by atoms with Gasteiger partial charge in [0.25, 0.3) is 0 Å². The molecule has 3 rings (SSSR count). The lowest BCUT2D eigenvalue weighted by Gasteiger charge is -2.47. The van der Waals surface area contributed by atoms with Gasteiger partial charge in [-0.1, -0.05) is 20.8 Å². The van der Waals surface area contributed by atoms with Gasteiger partial charge in [0.15, 0.2) is 0 Å². The molecule has 1 N–H and O–H groups in total. The molecule has 2 nitrogen and oxygen atoms in total. The molecule has 1 aliphatic heterocycles. The molecular formula is C17H31NO. The lowest BCUT2D eigenvalue weighted by Crippen LogP contribution is -2.56. The predicted octanol–water partition coefficient (Wildman–Crippen LogP) is 3.75. The maximum atomic E-state index is 5.86. The van der Waals surface area contributed by atoms with E-state index >= 15 is 0 Å². The molecule has 2 bridgehead atoms. The molecule has 0 radical (unpaired) electrons. The first-order valence-corrected chi connectivity index (χ1v) is 8.13. The maximum absolute atomic E-state index is 5.86. The van der Waals surface area contributed by atoms with Crippen LogP contribution in [0.15, 0.2) is 0 Å². The number of ether oxygens (including phenoxy) is 1. The van der Waals surface area contributed by atoms with E-state index in [1.807, 2.05) is 0 Å². The van der Waals surface area contributed by atoms with Gasteiger partial charge >= 0.3 is 0 Å². The summed E-state index contributed by atoms with van der Waals surface area (Å²) in [5, 5.41) is 4.06. The quantitative estimate of drug-likeness (QED) is 0.821. The van der Waals surface area contributed by atoms with Gasteiger partial charge in [0.1, 0.15) is 0 Å². The van der Waals surface area contributed by atoms with E-state index in [0.29, 0.717) is 22.9 Å². The van der Waals surface area contributed by atoms with Crippen molar-refractivity contribution < 1.29 is 4.74 Å². The first-order chi connectivity index (χ1) is 8.73. The molecule has 0 aromatic rings. The van der Waals surface area contributed by atoms with Crippen molar-refractivity contribution >= 4 is 0 Å². The third kappa shape index (κ3) is 2.25. The van der Waals surface area contributed by atoms with E-state index < -0.39 is 0 Å². The highest BCUT2D eigenvalue weighted by molar-refractivity contribution is 5.12. The van der Waals surface area contributed by atoms with Crippen LogP contribution in [0.4, 0.5) is 0 Å². The van der Waals surface area contributed by atoms with Crippen LogP contribution >= 0.6 is 0 Å². The van der Waals surface area contributed by atoms with Crippen LogP contribution in [0.2, 0.25) is 0 Å². The van der Waals surface area contributed by atoms with Crippen LogP contribution in [0.25, 0.3) is 0 Å². The zero-order valence-corrected chi connectivity index (χ0v) is 13.4. The van der Waals surface area contributed by atoms with Gasteiger partial charge in [-0.3, -0.25) is 0 Å². The Hall–Kier alpha value is -0.0800. The highest BCUT2D eigenvalue weighted by Gasteiger charge is 2.59. The Morgan fingerprint density at radius 3 is 2.32 bits per heavy atom. The van der Waals surface area contributed by atoms with E-state index in [1.54, 1.807) is 0 Å². The fraction of sp³-hybridized carbons (Fsp3) is 1.00. The largest absolute Gasteiger partial charge is 0.375 e. The Bertz CT molecular complexity index is 358. The van der Waals surface area contributed by atoms with Crippen LogP contribution in [0, 0.1) is 16.7 Å². The molecule has 0 spiro atoms. The van der Waals surface area contributed by atoms with Crippen LogP contribution in [0.1, 0.15) is 66.7 Å². The molecular weight excluding hydrogens is 234 g/mol. The molecule has 0 aromatic heterocycles. The van der Waals surface area contributed by atoms with Gasteiger partial charge in [0.05, 0.1) is 5.60 Å². The minimum absolute atomic E-state index is 0.0542. The second-order valence-corrected chi connectivity index (χ2v) is 8.81. The molecule has 2 heteroatoms. The number of hydrogen-bond acceptors (Lipinski definition) is 2. The summed E-state index contributed by atoms with van der Waals surface area (Å²) >= 11 is 0. The van der Waals surface area contributed by atoms with Gasteiger partial charge in [-0.05, 0) is 62.7 Å². The SMILES string of the molecule is CC1(C)CC(NC2C(C)(C)[C@H]3CC[C@]2(C)C3)CCO1. The predicted molar refractivity (Wildman–Crippen MR) is 79.2 cm³/mol. The fourth-order valence-electron chi connectivity index (χ4n) is 5.33. The third-order valence-corrected chi connectivity index (χ3v) is 6.37. The number of hydrogen-bond donors (Lipinski definition) is 1. The maximum Gasteiger partial charge on any atom is 0.0641 e. The fourth-order valence-corrected chi connectivity index (χ4v) is 5.33. The molecule has 3 fully saturated rings. The summed E-state index contributed by atoms with van der Waals surface area (Å²) in [6, 6.07) is 1.34. The van der Waals surface area contributed by atoms with Gasteiger partial charge in [0, 0.05) is 18.7 Å². The van der Waals surface area contributed by atoms with Gasteiger partial charge in [0.2, 0.25) is 0 Å². The monoisotopic (exact) mass is 265 g/mol. The van der Waals surface area contributed by atoms with Crippen molar-refractivity contribution in [1.29, 1.82) is 0 Å². The second-order valence-electron chi connectivity index (χ2n) is 8.81. The van der Waals surface area contributed by atoms with Crippen molar-refractivity contribution in [3.63, 3.8) is 0 Å². The summed E-state index contributed by atoms with van der Waals surface area (Å²) in [7, 11) is 0. The number of rotatable bonds is 2. The summed E-state index contributed by atoms with van der Waals surface area (Å²) in [4.78, 5) is 0. The van der Waals surface area contributed by atoms with E-state index in [4.69, 9.17) is 4.74 Å². The molecule has 2 saturated carbocycles. The molecule has 0 aromatic carbocycles. The van der Waals surface area contributed by atoms with E-state index in [9.17, 15) is 0 Å². The van der Waals surface area contributed by atoms with Crippen molar-refractivity contribution in [2.45, 2.75) is 84.4 Å². The highest BCUT2D eigenvalue weighted by Crippen LogP contribution is 2.62. The third-order valence-electron chi connectivity index (χ3n) is 6.37. The molecule has 2 aliphatic carbocycles. The summed E-state index contributed by atoms with van der Waals surface area (Å²) in [6.45, 7) is 12.9. The first-order valence-electron chi connectivity index (χ1n) is 8.13. The van der Waals surface area contributed by atoms with Crippen LogP contribution in [0.3, 0.4) is 0 Å². The van der Waals surface area contributed by atoms with Gasteiger partial charge < -0.3 is 10.1 Å². The summed E-state index contributed by atoms with van der Waals surface area (Å²) in [5.74, 6) is 0.933. The summed E-state index contributed by atoms with van der Waals surface area (Å²) in [6.07, 6.45) is 6.63. The van der Waals surface area contributed by atoms with Crippen LogP contribution in [0.5, 0.6) is 0 Å². The Kier molecular flexibility index (Phi) is 3.07. The molecule has 2 unspecified atom stereocenters. The van der Waals surface area contributed by atoms with Gasteiger partial charge in [-0.25, -0.2) is 0 Å². The Morgan fingerprint density at radius 2 is 1.74 bits per heavy atom. The Morgan fingerprint density at radius 1 is 1.00 bits per heavy atom. The van der Waals surface area contributed by atoms with E-state index in [-0.39, 0.29) is 5.60 Å². The molecule has 19 heavy (non-hydrogen) atoms. The van der Waals surface area contributed by atoms with E-state index in [0.717, 1.165) is 18.9 Å². The topological polar surface area (TPSA) is 21.3 Å². The lowest BCUT2D eigenvalue weighted by molar-refractivity contribution is -0.0691. The number of fused-ring (bicyclic) bond motifs is 2.